The Morgan fingerprint density at radius 1 is 1.03 bits per heavy atom. The number of anilines is 2. The van der Waals surface area contributed by atoms with Crippen LogP contribution in [0, 0.1) is 15.5 Å². The number of hydrogen-bond donors (Lipinski definition) is 1. The normalized spacial score (nSPS) is 19.0. The first-order valence-corrected chi connectivity index (χ1v) is 11.2. The van der Waals surface area contributed by atoms with E-state index in [0.717, 1.165) is 45.2 Å². The predicted octanol–water partition coefficient (Wildman–Crippen LogP) is 6.12. The molecule has 0 bridgehead atoms. The summed E-state index contributed by atoms with van der Waals surface area (Å²) in [6.07, 6.45) is 1.25. The first-order chi connectivity index (χ1) is 15.6. The number of ketones is 1. The van der Waals surface area contributed by atoms with Crippen molar-refractivity contribution in [3.05, 3.63) is 81.4 Å². The van der Waals surface area contributed by atoms with Crippen LogP contribution in [0.3, 0.4) is 0 Å². The minimum atomic E-state index is -0.424. The zero-order valence-electron chi connectivity index (χ0n) is 19.3. The van der Waals surface area contributed by atoms with E-state index in [1.165, 1.54) is 0 Å². The van der Waals surface area contributed by atoms with Crippen molar-refractivity contribution in [2.24, 2.45) is 5.41 Å². The molecule has 1 atom stereocenters. The van der Waals surface area contributed by atoms with Gasteiger partial charge in [-0.15, -0.1) is 0 Å². The SMILES string of the molecule is CN(C)c1ccc(C2Nc3cc4ccccc4cc3C3=C2C(=O)CC(C)(C)C3)cc1[N+](=O)[O-]. The van der Waals surface area contributed by atoms with Gasteiger partial charge >= 0.3 is 0 Å². The number of carbonyl (C=O) groups excluding carboxylic acids is 1. The Bertz CT molecular complexity index is 1350. The van der Waals surface area contributed by atoms with Crippen LogP contribution in [0.2, 0.25) is 0 Å². The van der Waals surface area contributed by atoms with Gasteiger partial charge in [-0.05, 0) is 51.9 Å². The van der Waals surface area contributed by atoms with Crippen LogP contribution in [0.25, 0.3) is 16.3 Å². The molecular weight excluding hydrogens is 414 g/mol. The third kappa shape index (κ3) is 3.55. The molecule has 6 nitrogen and oxygen atoms in total. The molecule has 0 saturated heterocycles. The minimum absolute atomic E-state index is 0.0364. The van der Waals surface area contributed by atoms with Crippen molar-refractivity contribution in [3.63, 3.8) is 0 Å². The van der Waals surface area contributed by atoms with Gasteiger partial charge in [-0.3, -0.25) is 14.9 Å². The fourth-order valence-electron chi connectivity index (χ4n) is 5.24. The maximum Gasteiger partial charge on any atom is 0.292 e. The lowest BCUT2D eigenvalue weighted by molar-refractivity contribution is -0.384. The molecule has 3 aromatic carbocycles. The number of rotatable bonds is 3. The number of Topliss-reactive ketones (excluding diaryl/α,β-unsaturated/α-hetero) is 1. The largest absolute Gasteiger partial charge is 0.373 e. The van der Waals surface area contributed by atoms with Gasteiger partial charge < -0.3 is 10.2 Å². The molecule has 0 spiro atoms. The number of nitro groups is 1. The molecule has 5 rings (SSSR count). The second-order valence-corrected chi connectivity index (χ2v) is 10.1. The monoisotopic (exact) mass is 441 g/mol. The zero-order valence-corrected chi connectivity index (χ0v) is 19.3. The van der Waals surface area contributed by atoms with E-state index in [1.54, 1.807) is 31.1 Å². The van der Waals surface area contributed by atoms with E-state index in [1.807, 2.05) is 18.2 Å². The average Bonchev–Trinajstić information content (AvgIpc) is 2.76. The number of nitro benzene ring substituents is 1. The smallest absolute Gasteiger partial charge is 0.292 e. The van der Waals surface area contributed by atoms with E-state index in [9.17, 15) is 14.9 Å². The number of allylic oxidation sites excluding steroid dienone is 1. The van der Waals surface area contributed by atoms with E-state index in [2.05, 4.69) is 43.4 Å². The van der Waals surface area contributed by atoms with E-state index < -0.39 is 6.04 Å². The Hall–Kier alpha value is -3.67. The summed E-state index contributed by atoms with van der Waals surface area (Å²) in [6.45, 7) is 4.26. The first-order valence-electron chi connectivity index (χ1n) is 11.2. The lowest BCUT2D eigenvalue weighted by atomic mass is 9.68. The fraction of sp³-hybridized carbons (Fsp3) is 0.296. The number of carbonyl (C=O) groups is 1. The number of benzene rings is 3. The molecule has 2 aliphatic rings. The van der Waals surface area contributed by atoms with Crippen molar-refractivity contribution in [1.82, 2.24) is 0 Å². The van der Waals surface area contributed by atoms with Crippen LogP contribution in [0.4, 0.5) is 17.1 Å². The predicted molar refractivity (Wildman–Crippen MR) is 133 cm³/mol. The molecule has 0 aromatic heterocycles. The summed E-state index contributed by atoms with van der Waals surface area (Å²) in [7, 11) is 3.57. The van der Waals surface area contributed by atoms with Gasteiger partial charge in [0.1, 0.15) is 5.69 Å². The van der Waals surface area contributed by atoms with Gasteiger partial charge in [-0.2, -0.15) is 0 Å². The Kier molecular flexibility index (Phi) is 4.78. The van der Waals surface area contributed by atoms with Gasteiger partial charge in [0.05, 0.1) is 11.0 Å². The molecule has 1 aliphatic heterocycles. The lowest BCUT2D eigenvalue weighted by Crippen LogP contribution is -2.33. The van der Waals surface area contributed by atoms with Crippen molar-refractivity contribution in [1.29, 1.82) is 0 Å². The van der Waals surface area contributed by atoms with Gasteiger partial charge in [0.15, 0.2) is 5.78 Å². The van der Waals surface area contributed by atoms with Crippen LogP contribution in [0.5, 0.6) is 0 Å². The molecule has 168 valence electrons. The third-order valence-corrected chi connectivity index (χ3v) is 6.73. The van der Waals surface area contributed by atoms with E-state index in [0.29, 0.717) is 12.1 Å². The van der Waals surface area contributed by atoms with E-state index in [-0.39, 0.29) is 21.8 Å². The topological polar surface area (TPSA) is 75.5 Å². The van der Waals surface area contributed by atoms with Crippen molar-refractivity contribution in [3.8, 4) is 0 Å². The fourth-order valence-corrected chi connectivity index (χ4v) is 5.24. The standard InChI is InChI=1S/C27H27N3O3/c1-27(2)14-20-19-11-16-7-5-6-8-17(16)12-21(19)28-26(25(20)24(31)15-27)18-9-10-22(29(3)4)23(13-18)30(32)33/h5-13,26,28H,14-15H2,1-4H3. The van der Waals surface area contributed by atoms with Crippen LogP contribution in [0.15, 0.2) is 60.2 Å². The molecule has 0 saturated carbocycles. The van der Waals surface area contributed by atoms with E-state index in [4.69, 9.17) is 0 Å². The number of nitrogens with zero attached hydrogens (tertiary/aromatic N) is 2. The highest BCUT2D eigenvalue weighted by Gasteiger charge is 2.40. The second-order valence-electron chi connectivity index (χ2n) is 10.1. The van der Waals surface area contributed by atoms with Crippen LogP contribution in [0.1, 0.15) is 43.9 Å². The summed E-state index contributed by atoms with van der Waals surface area (Å²) in [5.41, 5.74) is 4.98. The number of hydrogen-bond acceptors (Lipinski definition) is 5. The van der Waals surface area contributed by atoms with Crippen molar-refractivity contribution >= 4 is 39.2 Å². The number of nitrogens with one attached hydrogen (secondary N) is 1. The molecule has 0 amide bonds. The molecule has 33 heavy (non-hydrogen) atoms. The van der Waals surface area contributed by atoms with Crippen molar-refractivity contribution in [2.75, 3.05) is 24.3 Å². The molecule has 0 radical (unpaired) electrons. The molecule has 3 aromatic rings. The molecule has 1 aliphatic carbocycles. The lowest BCUT2D eigenvalue weighted by Gasteiger charge is -2.40. The zero-order chi connectivity index (χ0) is 23.5. The first kappa shape index (κ1) is 21.2. The van der Waals surface area contributed by atoms with Gasteiger partial charge in [0.25, 0.3) is 5.69 Å². The summed E-state index contributed by atoms with van der Waals surface area (Å²) in [6, 6.07) is 17.3. The summed E-state index contributed by atoms with van der Waals surface area (Å²) in [5, 5.41) is 17.6. The molecular formula is C27H27N3O3. The van der Waals surface area contributed by atoms with Gasteiger partial charge in [0, 0.05) is 43.4 Å². The van der Waals surface area contributed by atoms with Crippen LogP contribution in [-0.2, 0) is 4.79 Å². The molecule has 0 fully saturated rings. The highest BCUT2D eigenvalue weighted by Crippen LogP contribution is 2.51. The second kappa shape index (κ2) is 7.44. The van der Waals surface area contributed by atoms with Crippen molar-refractivity contribution < 1.29 is 9.72 Å². The summed E-state index contributed by atoms with van der Waals surface area (Å²) in [4.78, 5) is 26.6. The number of fused-ring (bicyclic) bond motifs is 3. The van der Waals surface area contributed by atoms with Crippen LogP contribution in [-0.4, -0.2) is 24.8 Å². The highest BCUT2D eigenvalue weighted by atomic mass is 16.6. The molecule has 1 N–H and O–H groups in total. The molecule has 1 unspecified atom stereocenters. The van der Waals surface area contributed by atoms with Crippen LogP contribution < -0.4 is 10.2 Å². The maximum atomic E-state index is 13.5. The quantitative estimate of drug-likeness (QED) is 0.391. The summed E-state index contributed by atoms with van der Waals surface area (Å²) >= 11 is 0. The van der Waals surface area contributed by atoms with Gasteiger partial charge in [-0.1, -0.05) is 44.2 Å². The minimum Gasteiger partial charge on any atom is -0.373 e. The Morgan fingerprint density at radius 2 is 1.73 bits per heavy atom. The summed E-state index contributed by atoms with van der Waals surface area (Å²) in [5.74, 6) is 0.108. The van der Waals surface area contributed by atoms with E-state index >= 15 is 0 Å². The molecule has 1 heterocycles. The van der Waals surface area contributed by atoms with Gasteiger partial charge in [0.2, 0.25) is 0 Å². The van der Waals surface area contributed by atoms with Crippen molar-refractivity contribution in [2.45, 2.75) is 32.7 Å². The van der Waals surface area contributed by atoms with Gasteiger partial charge in [-0.25, -0.2) is 0 Å². The highest BCUT2D eigenvalue weighted by molar-refractivity contribution is 6.10. The Morgan fingerprint density at radius 3 is 2.39 bits per heavy atom. The van der Waals surface area contributed by atoms with Crippen LogP contribution >= 0.6 is 0 Å². The Labute approximate surface area is 193 Å². The summed E-state index contributed by atoms with van der Waals surface area (Å²) < 4.78 is 0. The average molecular weight is 442 g/mol. The third-order valence-electron chi connectivity index (χ3n) is 6.73. The Balaban J connectivity index is 1.74. The maximum absolute atomic E-state index is 13.5. The molecule has 6 heteroatoms.